The molecule has 0 atom stereocenters. The Morgan fingerprint density at radius 3 is 1.89 bits per heavy atom. The van der Waals surface area contributed by atoms with Crippen molar-refractivity contribution in [1.29, 1.82) is 0 Å². The first-order valence-corrected chi connectivity index (χ1v) is 7.95. The van der Waals surface area contributed by atoms with Crippen LogP contribution in [0.3, 0.4) is 0 Å². The zero-order valence-electron chi connectivity index (χ0n) is 14.0. The Labute approximate surface area is 116 Å². The lowest BCUT2D eigenvalue weighted by Gasteiger charge is -2.33. The third-order valence-electron chi connectivity index (χ3n) is 4.19. The molecule has 0 radical (unpaired) electrons. The third-order valence-corrected chi connectivity index (χ3v) is 4.19. The molecule has 0 saturated heterocycles. The second-order valence-electron chi connectivity index (χ2n) is 7.65. The lowest BCUT2D eigenvalue weighted by molar-refractivity contribution is 0.204. The van der Waals surface area contributed by atoms with Crippen LogP contribution in [0.4, 0.5) is 0 Å². The molecule has 0 aromatic carbocycles. The molecule has 18 heavy (non-hydrogen) atoms. The van der Waals surface area contributed by atoms with Gasteiger partial charge >= 0.3 is 0 Å². The first kappa shape index (κ1) is 18.0. The summed E-state index contributed by atoms with van der Waals surface area (Å²) < 4.78 is 0. The Hall–Kier alpha value is -0.0400. The van der Waals surface area contributed by atoms with Crippen molar-refractivity contribution in [1.82, 2.24) is 5.32 Å². The summed E-state index contributed by atoms with van der Waals surface area (Å²) in [4.78, 5) is 0. The fourth-order valence-corrected chi connectivity index (χ4v) is 2.56. The van der Waals surface area contributed by atoms with E-state index in [2.05, 4.69) is 53.8 Å². The van der Waals surface area contributed by atoms with Gasteiger partial charge in [0, 0.05) is 6.54 Å². The van der Waals surface area contributed by atoms with Crippen LogP contribution in [0.15, 0.2) is 0 Å². The molecule has 0 aromatic heterocycles. The van der Waals surface area contributed by atoms with E-state index in [9.17, 15) is 0 Å². The normalized spacial score (nSPS) is 13.3. The molecule has 0 aliphatic rings. The van der Waals surface area contributed by atoms with E-state index in [4.69, 9.17) is 0 Å². The maximum atomic E-state index is 3.68. The highest BCUT2D eigenvalue weighted by atomic mass is 14.9. The summed E-state index contributed by atoms with van der Waals surface area (Å²) in [6.45, 7) is 18.7. The van der Waals surface area contributed by atoms with Crippen molar-refractivity contribution in [2.45, 2.75) is 80.6 Å². The minimum absolute atomic E-state index is 0.485. The Balaban J connectivity index is 4.16. The highest BCUT2D eigenvalue weighted by molar-refractivity contribution is 4.80. The van der Waals surface area contributed by atoms with Gasteiger partial charge in [0.2, 0.25) is 0 Å². The van der Waals surface area contributed by atoms with Gasteiger partial charge in [0.05, 0.1) is 0 Å². The SMILES string of the molecule is CCC(CC)(CCCC(C)(C)C)CNCC(C)C. The molecule has 0 spiro atoms. The molecule has 1 nitrogen and oxygen atoms in total. The van der Waals surface area contributed by atoms with Gasteiger partial charge < -0.3 is 5.32 Å². The van der Waals surface area contributed by atoms with E-state index in [1.54, 1.807) is 0 Å². The molecule has 110 valence electrons. The average Bonchev–Trinajstić information content (AvgIpc) is 2.25. The van der Waals surface area contributed by atoms with Crippen LogP contribution < -0.4 is 5.32 Å². The molecule has 0 aliphatic heterocycles. The quantitative estimate of drug-likeness (QED) is 0.593. The average molecular weight is 255 g/mol. The van der Waals surface area contributed by atoms with Crippen LogP contribution in [-0.2, 0) is 0 Å². The molecular weight excluding hydrogens is 218 g/mol. The molecule has 0 aromatic rings. The zero-order chi connectivity index (χ0) is 14.2. The molecule has 1 N–H and O–H groups in total. The largest absolute Gasteiger partial charge is 0.316 e. The highest BCUT2D eigenvalue weighted by Crippen LogP contribution is 2.34. The van der Waals surface area contributed by atoms with Crippen molar-refractivity contribution in [3.05, 3.63) is 0 Å². The Morgan fingerprint density at radius 1 is 0.944 bits per heavy atom. The van der Waals surface area contributed by atoms with Gasteiger partial charge in [0.1, 0.15) is 0 Å². The number of hydrogen-bond donors (Lipinski definition) is 1. The number of rotatable bonds is 9. The summed E-state index contributed by atoms with van der Waals surface area (Å²) in [5.74, 6) is 0.756. The van der Waals surface area contributed by atoms with E-state index in [0.717, 1.165) is 12.5 Å². The van der Waals surface area contributed by atoms with Crippen LogP contribution in [0.25, 0.3) is 0 Å². The third kappa shape index (κ3) is 8.13. The Morgan fingerprint density at radius 2 is 1.50 bits per heavy atom. The molecule has 0 bridgehead atoms. The highest BCUT2D eigenvalue weighted by Gasteiger charge is 2.26. The Kier molecular flexibility index (Phi) is 8.18. The van der Waals surface area contributed by atoms with E-state index in [1.807, 2.05) is 0 Å². The fraction of sp³-hybridized carbons (Fsp3) is 1.00. The van der Waals surface area contributed by atoms with Crippen molar-refractivity contribution in [3.63, 3.8) is 0 Å². The maximum absolute atomic E-state index is 3.68. The second-order valence-corrected chi connectivity index (χ2v) is 7.65. The molecule has 0 fully saturated rings. The molecule has 1 heteroatoms. The van der Waals surface area contributed by atoms with E-state index in [1.165, 1.54) is 38.6 Å². The molecule has 0 saturated carbocycles. The van der Waals surface area contributed by atoms with Gasteiger partial charge in [-0.1, -0.05) is 54.9 Å². The van der Waals surface area contributed by atoms with Gasteiger partial charge in [-0.25, -0.2) is 0 Å². The molecule has 0 aliphatic carbocycles. The molecule has 0 heterocycles. The lowest BCUT2D eigenvalue weighted by atomic mass is 9.76. The topological polar surface area (TPSA) is 12.0 Å². The van der Waals surface area contributed by atoms with Crippen LogP contribution in [-0.4, -0.2) is 13.1 Å². The molecule has 0 amide bonds. The number of nitrogens with one attached hydrogen (secondary N) is 1. The number of hydrogen-bond acceptors (Lipinski definition) is 1. The van der Waals surface area contributed by atoms with Crippen molar-refractivity contribution < 1.29 is 0 Å². The lowest BCUT2D eigenvalue weighted by Crippen LogP contribution is -2.35. The minimum atomic E-state index is 0.485. The first-order valence-electron chi connectivity index (χ1n) is 7.95. The minimum Gasteiger partial charge on any atom is -0.316 e. The van der Waals surface area contributed by atoms with Crippen molar-refractivity contribution in [2.75, 3.05) is 13.1 Å². The smallest absolute Gasteiger partial charge is 0.000771 e. The van der Waals surface area contributed by atoms with Crippen molar-refractivity contribution >= 4 is 0 Å². The summed E-state index contributed by atoms with van der Waals surface area (Å²) in [5, 5.41) is 3.68. The predicted octanol–water partition coefficient (Wildman–Crippen LogP) is 5.25. The van der Waals surface area contributed by atoms with Gasteiger partial charge in [-0.05, 0) is 49.0 Å². The maximum Gasteiger partial charge on any atom is 0.000771 e. The van der Waals surface area contributed by atoms with Crippen molar-refractivity contribution in [2.24, 2.45) is 16.7 Å². The summed E-state index contributed by atoms with van der Waals surface area (Å²) in [6.07, 6.45) is 6.70. The van der Waals surface area contributed by atoms with E-state index >= 15 is 0 Å². The van der Waals surface area contributed by atoms with Crippen LogP contribution >= 0.6 is 0 Å². The summed E-state index contributed by atoms with van der Waals surface area (Å²) in [7, 11) is 0. The van der Waals surface area contributed by atoms with Gasteiger partial charge in [0.25, 0.3) is 0 Å². The van der Waals surface area contributed by atoms with Crippen LogP contribution in [0.2, 0.25) is 0 Å². The Bertz CT molecular complexity index is 196. The van der Waals surface area contributed by atoms with Crippen LogP contribution in [0, 0.1) is 16.7 Å². The van der Waals surface area contributed by atoms with E-state index in [-0.39, 0.29) is 0 Å². The second kappa shape index (κ2) is 8.19. The summed E-state index contributed by atoms with van der Waals surface area (Å²) >= 11 is 0. The van der Waals surface area contributed by atoms with Crippen molar-refractivity contribution in [3.8, 4) is 0 Å². The van der Waals surface area contributed by atoms with Crippen LogP contribution in [0.1, 0.15) is 80.6 Å². The summed E-state index contributed by atoms with van der Waals surface area (Å²) in [6, 6.07) is 0. The van der Waals surface area contributed by atoms with Crippen LogP contribution in [0.5, 0.6) is 0 Å². The van der Waals surface area contributed by atoms with Gasteiger partial charge in [-0.3, -0.25) is 0 Å². The first-order chi connectivity index (χ1) is 8.24. The standard InChI is InChI=1S/C17H37N/c1-8-17(9-2,14-18-13-15(3)4)12-10-11-16(5,6)7/h15,18H,8-14H2,1-7H3. The monoisotopic (exact) mass is 255 g/mol. The van der Waals surface area contributed by atoms with E-state index in [0.29, 0.717) is 10.8 Å². The molecular formula is C17H37N. The molecule has 0 rings (SSSR count). The molecule has 0 unspecified atom stereocenters. The van der Waals surface area contributed by atoms with Gasteiger partial charge in [0.15, 0.2) is 0 Å². The van der Waals surface area contributed by atoms with Gasteiger partial charge in [-0.2, -0.15) is 0 Å². The zero-order valence-corrected chi connectivity index (χ0v) is 14.0. The predicted molar refractivity (Wildman–Crippen MR) is 84.0 cm³/mol. The van der Waals surface area contributed by atoms with Gasteiger partial charge in [-0.15, -0.1) is 0 Å². The summed E-state index contributed by atoms with van der Waals surface area (Å²) in [5.41, 5.74) is 1.01. The fourth-order valence-electron chi connectivity index (χ4n) is 2.56. The van der Waals surface area contributed by atoms with E-state index < -0.39 is 0 Å².